The Hall–Kier alpha value is -1.94. The molecule has 10 heteroatoms. The van der Waals surface area contributed by atoms with Gasteiger partial charge in [0.15, 0.2) is 0 Å². The number of carboxylic acid groups (broad SMARTS) is 2. The van der Waals surface area contributed by atoms with E-state index >= 15 is 0 Å². The molecule has 0 bridgehead atoms. The monoisotopic (exact) mass is 782 g/mol. The molecule has 0 spiro atoms. The summed E-state index contributed by atoms with van der Waals surface area (Å²) in [7, 11) is 0. The van der Waals surface area contributed by atoms with Crippen molar-refractivity contribution in [3.8, 4) is 0 Å². The van der Waals surface area contributed by atoms with Gasteiger partial charge in [0, 0.05) is 22.0 Å². The van der Waals surface area contributed by atoms with Crippen molar-refractivity contribution in [1.29, 1.82) is 0 Å². The Morgan fingerprint density at radius 2 is 1.27 bits per heavy atom. The van der Waals surface area contributed by atoms with E-state index < -0.39 is 23.9 Å². The van der Waals surface area contributed by atoms with Crippen molar-refractivity contribution in [2.45, 2.75) is 112 Å². The van der Waals surface area contributed by atoms with Gasteiger partial charge in [-0.05, 0) is 116 Å². The number of fused-ring (bicyclic) bond motifs is 7. The first-order chi connectivity index (χ1) is 25.4. The van der Waals surface area contributed by atoms with Crippen LogP contribution in [0, 0.1) is 56.7 Å². The van der Waals surface area contributed by atoms with Crippen molar-refractivity contribution in [3.05, 3.63) is 82.4 Å². The topological polar surface area (TPSA) is 133 Å². The van der Waals surface area contributed by atoms with E-state index in [1.54, 1.807) is 24.3 Å². The number of benzene rings is 2. The molecule has 0 radical (unpaired) electrons. The van der Waals surface area contributed by atoms with Crippen LogP contribution in [0.1, 0.15) is 148 Å². The number of rotatable bonds is 7. The standard InChI is InChI=1S/C46H58O8.2Na/c1-27-18-23-46(26-53-40(51)31-14-10-8-12-29(31)38(47)48)25-24-44(6)33(37(46)28(27)2)16-17-35-43(5)21-20-36(42(3,4)34(43)19-22-45(35,44)7)54-41(52)32-15-11-9-13-30(32)39(49)50;;/h8-16,27-28,34-37H,17-26H2,1-7H3,(H,47,48)(H,49,50);;/q;2*+1/p-2/t27-,28+,34+,35-,36+,37+,43+,44-,45-,46-;;/m1../s1. The maximum atomic E-state index is 13.5. The number of ether oxygens (including phenoxy) is 2. The molecular formula is C46H56Na2O8. The number of hydrogen-bond donors (Lipinski definition) is 0. The minimum absolute atomic E-state index is 0. The second-order valence-corrected chi connectivity index (χ2v) is 19.0. The van der Waals surface area contributed by atoms with Crippen LogP contribution in [0.25, 0.3) is 0 Å². The molecule has 0 aromatic heterocycles. The third-order valence-corrected chi connectivity index (χ3v) is 16.6. The molecule has 0 N–H and O–H groups in total. The number of allylic oxidation sites excluding steroid dienone is 2. The third kappa shape index (κ3) is 7.02. The number of carbonyl (C=O) groups excluding carboxylic acids is 4. The number of carboxylic acids is 2. The molecule has 8 nitrogen and oxygen atoms in total. The van der Waals surface area contributed by atoms with Gasteiger partial charge in [-0.3, -0.25) is 0 Å². The van der Waals surface area contributed by atoms with Gasteiger partial charge in [-0.25, -0.2) is 9.59 Å². The average molecular weight is 783 g/mol. The molecule has 2 aromatic carbocycles. The van der Waals surface area contributed by atoms with Gasteiger partial charge in [0.25, 0.3) is 0 Å². The van der Waals surface area contributed by atoms with Crippen LogP contribution >= 0.6 is 0 Å². The quantitative estimate of drug-likeness (QED) is 0.235. The van der Waals surface area contributed by atoms with Gasteiger partial charge in [0.1, 0.15) is 6.10 Å². The van der Waals surface area contributed by atoms with Crippen molar-refractivity contribution in [2.75, 3.05) is 6.61 Å². The molecule has 5 aliphatic rings. The van der Waals surface area contributed by atoms with Crippen molar-refractivity contribution in [3.63, 3.8) is 0 Å². The minimum Gasteiger partial charge on any atom is -0.545 e. The second kappa shape index (κ2) is 16.3. The zero-order valence-electron chi connectivity index (χ0n) is 35.0. The molecule has 4 fully saturated rings. The van der Waals surface area contributed by atoms with E-state index in [2.05, 4.69) is 54.5 Å². The number of esters is 2. The molecule has 0 unspecified atom stereocenters. The molecule has 4 saturated carbocycles. The molecule has 0 amide bonds. The van der Waals surface area contributed by atoms with E-state index in [1.165, 1.54) is 29.8 Å². The number of aromatic carboxylic acids is 2. The predicted octanol–water partition coefficient (Wildman–Crippen LogP) is 1.46. The van der Waals surface area contributed by atoms with Crippen LogP contribution in [0.2, 0.25) is 0 Å². The van der Waals surface area contributed by atoms with Gasteiger partial charge in [-0.2, -0.15) is 0 Å². The van der Waals surface area contributed by atoms with E-state index in [0.29, 0.717) is 30.1 Å². The molecule has 5 aliphatic carbocycles. The first-order valence-electron chi connectivity index (χ1n) is 20.1. The van der Waals surface area contributed by atoms with Crippen molar-refractivity contribution in [1.82, 2.24) is 0 Å². The zero-order valence-corrected chi connectivity index (χ0v) is 39.0. The van der Waals surface area contributed by atoms with E-state index in [1.807, 2.05) is 0 Å². The summed E-state index contributed by atoms with van der Waals surface area (Å²) in [4.78, 5) is 50.5. The van der Waals surface area contributed by atoms with Crippen molar-refractivity contribution in [2.24, 2.45) is 56.7 Å². The van der Waals surface area contributed by atoms with E-state index in [4.69, 9.17) is 9.47 Å². The van der Waals surface area contributed by atoms with E-state index in [0.717, 1.165) is 51.4 Å². The third-order valence-electron chi connectivity index (χ3n) is 16.6. The van der Waals surface area contributed by atoms with Gasteiger partial charge < -0.3 is 29.3 Å². The molecule has 56 heavy (non-hydrogen) atoms. The fourth-order valence-corrected chi connectivity index (χ4v) is 13.2. The van der Waals surface area contributed by atoms with Gasteiger partial charge in [-0.1, -0.05) is 96.5 Å². The van der Waals surface area contributed by atoms with Crippen molar-refractivity contribution < 1.29 is 98.0 Å². The molecule has 2 aromatic rings. The Morgan fingerprint density at radius 1 is 0.696 bits per heavy atom. The molecule has 290 valence electrons. The SMILES string of the molecule is C[C@H]1[C@H](C)CC[C@]2(COC(=O)c3ccccc3C(=O)[O-])CC[C@]3(C)C(=CC[C@@H]4[C@@]5(C)CC[C@H](OC(=O)c6ccccc6C(=O)[O-])C(C)(C)[C@@H]5CC[C@]43C)[C@H]12.[Na+].[Na+]. The number of hydrogen-bond acceptors (Lipinski definition) is 8. The average Bonchev–Trinajstić information content (AvgIpc) is 3.13. The summed E-state index contributed by atoms with van der Waals surface area (Å²) in [6, 6.07) is 12.3. The zero-order chi connectivity index (χ0) is 39.0. The van der Waals surface area contributed by atoms with Crippen LogP contribution in [0.5, 0.6) is 0 Å². The smallest absolute Gasteiger partial charge is 0.545 e. The van der Waals surface area contributed by atoms with Crippen LogP contribution < -0.4 is 69.3 Å². The summed E-state index contributed by atoms with van der Waals surface area (Å²) in [6.07, 6.45) is 10.9. The van der Waals surface area contributed by atoms with Gasteiger partial charge >= 0.3 is 71.1 Å². The normalized spacial score (nSPS) is 36.6. The Kier molecular flexibility index (Phi) is 13.1. The van der Waals surface area contributed by atoms with Crippen LogP contribution in [0.3, 0.4) is 0 Å². The fraction of sp³-hybridized carbons (Fsp3) is 0.609. The first-order valence-corrected chi connectivity index (χ1v) is 20.1. The molecular weight excluding hydrogens is 726 g/mol. The van der Waals surface area contributed by atoms with E-state index in [9.17, 15) is 29.4 Å². The van der Waals surface area contributed by atoms with Crippen LogP contribution in [-0.2, 0) is 9.47 Å². The van der Waals surface area contributed by atoms with Crippen LogP contribution in [0.15, 0.2) is 60.2 Å². The Balaban J connectivity index is 0.00000300. The minimum atomic E-state index is -1.39. The Morgan fingerprint density at radius 3 is 1.86 bits per heavy atom. The summed E-state index contributed by atoms with van der Waals surface area (Å²) in [5, 5.41) is 23.6. The molecule has 0 aliphatic heterocycles. The molecule has 10 atom stereocenters. The Bertz CT molecular complexity index is 1910. The maximum absolute atomic E-state index is 13.5. The summed E-state index contributed by atoms with van der Waals surface area (Å²) in [5.41, 5.74) is 0.777. The fourth-order valence-electron chi connectivity index (χ4n) is 13.2. The number of carbonyl (C=O) groups is 4. The van der Waals surface area contributed by atoms with Gasteiger partial charge in [-0.15, -0.1) is 0 Å². The van der Waals surface area contributed by atoms with E-state index in [-0.39, 0.29) is 127 Å². The molecule has 0 saturated heterocycles. The molecule has 0 heterocycles. The second-order valence-electron chi connectivity index (χ2n) is 19.0. The van der Waals surface area contributed by atoms with Gasteiger partial charge in [0.05, 0.1) is 29.7 Å². The van der Waals surface area contributed by atoms with Gasteiger partial charge in [0.2, 0.25) is 0 Å². The first kappa shape index (κ1) is 45.1. The summed E-state index contributed by atoms with van der Waals surface area (Å²) in [6.45, 7) is 17.0. The van der Waals surface area contributed by atoms with Crippen molar-refractivity contribution >= 4 is 23.9 Å². The summed E-state index contributed by atoms with van der Waals surface area (Å²) >= 11 is 0. The predicted molar refractivity (Wildman–Crippen MR) is 200 cm³/mol. The maximum Gasteiger partial charge on any atom is 1.00 e. The Labute approximate surface area is 376 Å². The molecule has 7 rings (SSSR count). The summed E-state index contributed by atoms with van der Waals surface area (Å²) < 4.78 is 12.3. The summed E-state index contributed by atoms with van der Waals surface area (Å²) in [5.74, 6) is -2.07. The van der Waals surface area contributed by atoms with Crippen LogP contribution in [0.4, 0.5) is 0 Å². The largest absolute Gasteiger partial charge is 1.00 e. The van der Waals surface area contributed by atoms with Crippen LogP contribution in [-0.4, -0.2) is 36.6 Å².